The summed E-state index contributed by atoms with van der Waals surface area (Å²) in [5, 5.41) is 0.00454. The number of hydrogen-bond acceptors (Lipinski definition) is 5. The summed E-state index contributed by atoms with van der Waals surface area (Å²) in [5.41, 5.74) is 2.93. The zero-order valence-corrected chi connectivity index (χ0v) is 23.0. The number of rotatable bonds is 9. The van der Waals surface area contributed by atoms with Crippen LogP contribution in [0.4, 0.5) is 0 Å². The van der Waals surface area contributed by atoms with Crippen LogP contribution in [0.25, 0.3) is 5.69 Å². The molecule has 1 aromatic heterocycles. The number of carbonyl (C=O) groups is 2. The van der Waals surface area contributed by atoms with Gasteiger partial charge in [-0.1, -0.05) is 41.4 Å². The lowest BCUT2D eigenvalue weighted by Gasteiger charge is -2.19. The van der Waals surface area contributed by atoms with Crippen molar-refractivity contribution in [2.24, 2.45) is 0 Å². The highest BCUT2D eigenvalue weighted by Crippen LogP contribution is 2.27. The Morgan fingerprint density at radius 3 is 2.26 bits per heavy atom. The molecule has 0 saturated heterocycles. The van der Waals surface area contributed by atoms with E-state index in [1.165, 1.54) is 22.5 Å². The van der Waals surface area contributed by atoms with Crippen LogP contribution in [0.5, 0.6) is 0 Å². The van der Waals surface area contributed by atoms with Gasteiger partial charge in [0.25, 0.3) is 0 Å². The number of hydrogen-bond donors (Lipinski definition) is 0. The number of benzene rings is 2. The molecule has 0 bridgehead atoms. The number of aryl methyl sites for hydroxylation is 1. The van der Waals surface area contributed by atoms with Gasteiger partial charge in [-0.25, -0.2) is 13.2 Å². The van der Waals surface area contributed by atoms with Gasteiger partial charge in [-0.05, 0) is 62.4 Å². The molecule has 0 aliphatic rings. The molecule has 1 heterocycles. The second-order valence-electron chi connectivity index (χ2n) is 7.83. The van der Waals surface area contributed by atoms with Crippen LogP contribution >= 0.6 is 27.5 Å². The second kappa shape index (κ2) is 11.1. The summed E-state index contributed by atoms with van der Waals surface area (Å²) in [6.45, 7) is 7.19. The molecule has 0 aliphatic heterocycles. The van der Waals surface area contributed by atoms with E-state index in [1.54, 1.807) is 19.9 Å². The lowest BCUT2D eigenvalue weighted by atomic mass is 10.1. The van der Waals surface area contributed by atoms with E-state index in [0.717, 1.165) is 21.5 Å². The zero-order valence-electron chi connectivity index (χ0n) is 19.8. The Kier molecular flexibility index (Phi) is 8.58. The summed E-state index contributed by atoms with van der Waals surface area (Å²) < 4.78 is 35.1. The van der Waals surface area contributed by atoms with Gasteiger partial charge >= 0.3 is 5.97 Å². The lowest BCUT2D eigenvalue weighted by Crippen LogP contribution is -2.31. The fourth-order valence-electron chi connectivity index (χ4n) is 3.86. The first-order valence-corrected chi connectivity index (χ1v) is 13.6. The molecule has 0 amide bonds. The molecule has 10 heteroatoms. The lowest BCUT2D eigenvalue weighted by molar-refractivity contribution is 0.0474. The normalized spacial score (nSPS) is 11.6. The Labute approximate surface area is 218 Å². The SMILES string of the molecule is CCN(CC)S(=O)(=O)c1cc(C(=O)OCC(=O)c2cc(C)n(-c3ccc(Br)cc3)c2C)ccc1Cl. The minimum Gasteiger partial charge on any atom is -0.454 e. The van der Waals surface area contributed by atoms with Crippen molar-refractivity contribution in [1.82, 2.24) is 8.87 Å². The van der Waals surface area contributed by atoms with Crippen LogP contribution in [0, 0.1) is 13.8 Å². The molecule has 0 radical (unpaired) electrons. The van der Waals surface area contributed by atoms with E-state index in [-0.39, 0.29) is 34.4 Å². The van der Waals surface area contributed by atoms with E-state index in [2.05, 4.69) is 15.9 Å². The quantitative estimate of drug-likeness (QED) is 0.243. The van der Waals surface area contributed by atoms with Crippen molar-refractivity contribution in [2.45, 2.75) is 32.6 Å². The third-order valence-corrected chi connectivity index (χ3v) is 8.70. The van der Waals surface area contributed by atoms with E-state index in [9.17, 15) is 18.0 Å². The van der Waals surface area contributed by atoms with Crippen LogP contribution < -0.4 is 0 Å². The fourth-order valence-corrected chi connectivity index (χ4v) is 6.08. The monoisotopic (exact) mass is 580 g/mol. The van der Waals surface area contributed by atoms with Crippen LogP contribution in [0.1, 0.15) is 46.0 Å². The summed E-state index contributed by atoms with van der Waals surface area (Å²) in [5.74, 6) is -1.17. The van der Waals surface area contributed by atoms with Gasteiger partial charge in [0.1, 0.15) is 4.90 Å². The first-order valence-electron chi connectivity index (χ1n) is 11.0. The van der Waals surface area contributed by atoms with Gasteiger partial charge in [-0.3, -0.25) is 4.79 Å². The third kappa shape index (κ3) is 5.69. The second-order valence-corrected chi connectivity index (χ2v) is 11.1. The first kappa shape index (κ1) is 27.1. The summed E-state index contributed by atoms with van der Waals surface area (Å²) >= 11 is 9.54. The molecular weight excluding hydrogens is 556 g/mol. The summed E-state index contributed by atoms with van der Waals surface area (Å²) in [6, 6.07) is 13.3. The number of esters is 1. The van der Waals surface area contributed by atoms with Crippen LogP contribution in [-0.2, 0) is 14.8 Å². The number of ether oxygens (including phenoxy) is 1. The Morgan fingerprint density at radius 1 is 1.03 bits per heavy atom. The predicted molar refractivity (Wildman–Crippen MR) is 139 cm³/mol. The minimum absolute atomic E-state index is 0.00454. The summed E-state index contributed by atoms with van der Waals surface area (Å²) in [7, 11) is -3.88. The molecule has 3 aromatic rings. The number of sulfonamides is 1. The van der Waals surface area contributed by atoms with E-state index in [0.29, 0.717) is 5.56 Å². The molecule has 35 heavy (non-hydrogen) atoms. The Hall–Kier alpha value is -2.46. The molecule has 0 fully saturated rings. The Bertz CT molecular complexity index is 1360. The third-order valence-electron chi connectivity index (χ3n) is 5.64. The molecular formula is C25H26BrClN2O5S. The average molecular weight is 582 g/mol. The largest absolute Gasteiger partial charge is 0.454 e. The van der Waals surface area contributed by atoms with E-state index < -0.39 is 22.6 Å². The molecule has 7 nitrogen and oxygen atoms in total. The average Bonchev–Trinajstić information content (AvgIpc) is 3.12. The molecule has 0 unspecified atom stereocenters. The number of ketones is 1. The molecule has 0 N–H and O–H groups in total. The number of halogens is 2. The Balaban J connectivity index is 1.79. The van der Waals surface area contributed by atoms with Gasteiger partial charge in [-0.15, -0.1) is 0 Å². The molecule has 0 aliphatic carbocycles. The predicted octanol–water partition coefficient (Wildman–Crippen LogP) is 5.58. The van der Waals surface area contributed by atoms with Gasteiger partial charge in [-0.2, -0.15) is 4.31 Å². The number of nitrogens with zero attached hydrogens (tertiary/aromatic N) is 2. The van der Waals surface area contributed by atoms with Crippen molar-refractivity contribution >= 4 is 49.3 Å². The maximum Gasteiger partial charge on any atom is 0.338 e. The van der Waals surface area contributed by atoms with Crippen LogP contribution in [-0.4, -0.2) is 48.7 Å². The van der Waals surface area contributed by atoms with E-state index >= 15 is 0 Å². The maximum atomic E-state index is 12.9. The van der Waals surface area contributed by atoms with Gasteiger partial charge in [0.2, 0.25) is 15.8 Å². The number of aromatic nitrogens is 1. The molecule has 186 valence electrons. The topological polar surface area (TPSA) is 85.7 Å². The molecule has 0 spiro atoms. The highest BCUT2D eigenvalue weighted by Gasteiger charge is 2.26. The number of Topliss-reactive ketones (excluding diaryl/α,β-unsaturated/α-hetero) is 1. The molecule has 3 rings (SSSR count). The molecule has 0 atom stereocenters. The van der Waals surface area contributed by atoms with Crippen molar-refractivity contribution in [1.29, 1.82) is 0 Å². The van der Waals surface area contributed by atoms with Crippen LogP contribution in [0.2, 0.25) is 5.02 Å². The van der Waals surface area contributed by atoms with Gasteiger partial charge in [0, 0.05) is 40.2 Å². The van der Waals surface area contributed by atoms with Crippen molar-refractivity contribution in [2.75, 3.05) is 19.7 Å². The fraction of sp³-hybridized carbons (Fsp3) is 0.280. The van der Waals surface area contributed by atoms with Crippen molar-refractivity contribution in [3.05, 3.63) is 80.5 Å². The van der Waals surface area contributed by atoms with Gasteiger partial charge in [0.05, 0.1) is 10.6 Å². The van der Waals surface area contributed by atoms with Gasteiger partial charge < -0.3 is 9.30 Å². The highest BCUT2D eigenvalue weighted by atomic mass is 79.9. The van der Waals surface area contributed by atoms with Crippen molar-refractivity contribution in [3.63, 3.8) is 0 Å². The zero-order chi connectivity index (χ0) is 25.9. The minimum atomic E-state index is -3.88. The molecule has 2 aromatic carbocycles. The van der Waals surface area contributed by atoms with E-state index in [4.69, 9.17) is 16.3 Å². The number of carbonyl (C=O) groups excluding carboxylic acids is 2. The smallest absolute Gasteiger partial charge is 0.338 e. The standard InChI is InChI=1S/C25H26BrClN2O5S/c1-5-28(6-2)35(32,33)24-14-18(7-12-22(24)27)25(31)34-15-23(30)21-13-16(3)29(17(21)4)20-10-8-19(26)9-11-20/h7-14H,5-6,15H2,1-4H3. The van der Waals surface area contributed by atoms with Crippen LogP contribution in [0.3, 0.4) is 0 Å². The summed E-state index contributed by atoms with van der Waals surface area (Å²) in [6.07, 6.45) is 0. The maximum absolute atomic E-state index is 12.9. The van der Waals surface area contributed by atoms with Crippen LogP contribution in [0.15, 0.2) is 57.9 Å². The van der Waals surface area contributed by atoms with Crippen molar-refractivity contribution < 1.29 is 22.7 Å². The molecule has 0 saturated carbocycles. The summed E-state index contributed by atoms with van der Waals surface area (Å²) in [4.78, 5) is 25.4. The van der Waals surface area contributed by atoms with E-state index in [1.807, 2.05) is 42.7 Å². The van der Waals surface area contributed by atoms with Gasteiger partial charge in [0.15, 0.2) is 6.61 Å². The highest BCUT2D eigenvalue weighted by molar-refractivity contribution is 9.10. The first-order chi connectivity index (χ1) is 16.5. The Morgan fingerprint density at radius 2 is 1.66 bits per heavy atom. The van der Waals surface area contributed by atoms with Crippen molar-refractivity contribution in [3.8, 4) is 5.69 Å².